The van der Waals surface area contributed by atoms with Crippen molar-refractivity contribution in [3.05, 3.63) is 41.0 Å². The van der Waals surface area contributed by atoms with E-state index in [9.17, 15) is 9.18 Å². The van der Waals surface area contributed by atoms with Gasteiger partial charge in [-0.3, -0.25) is 10.1 Å². The second-order valence-corrected chi connectivity index (χ2v) is 3.80. The minimum absolute atomic E-state index is 0.0328. The molecule has 20 heavy (non-hydrogen) atoms. The predicted molar refractivity (Wildman–Crippen MR) is 69.3 cm³/mol. The number of aromatic nitrogens is 2. The van der Waals surface area contributed by atoms with Crippen molar-refractivity contribution in [2.75, 3.05) is 11.9 Å². The van der Waals surface area contributed by atoms with Crippen LogP contribution >= 0.6 is 0 Å². The van der Waals surface area contributed by atoms with Crippen LogP contribution in [-0.2, 0) is 0 Å². The van der Waals surface area contributed by atoms with Gasteiger partial charge in [-0.1, -0.05) is 17.0 Å². The number of amides is 1. The van der Waals surface area contributed by atoms with E-state index < -0.39 is 11.7 Å². The molecule has 2 rings (SSSR count). The molecule has 3 N–H and O–H groups in total. The van der Waals surface area contributed by atoms with E-state index in [4.69, 9.17) is 10.3 Å². The summed E-state index contributed by atoms with van der Waals surface area (Å²) in [5.41, 5.74) is 5.70. The second kappa shape index (κ2) is 5.95. The number of hydrogen-bond acceptors (Lipinski definition) is 5. The van der Waals surface area contributed by atoms with Crippen molar-refractivity contribution >= 4 is 11.9 Å². The average Bonchev–Trinajstić information content (AvgIpc) is 2.81. The predicted octanol–water partition coefficient (Wildman–Crippen LogP) is 1.08. The third-order valence-electron chi connectivity index (χ3n) is 2.30. The smallest absolute Gasteiger partial charge is 0.320 e. The SMILES string of the molecule is Cc1noc(NC(=O)c2ccc(F)cc2C#CCN)n1. The Morgan fingerprint density at radius 3 is 3.00 bits per heavy atom. The van der Waals surface area contributed by atoms with Crippen LogP contribution in [0.2, 0.25) is 0 Å². The molecule has 1 aromatic heterocycles. The van der Waals surface area contributed by atoms with E-state index in [1.165, 1.54) is 12.1 Å². The van der Waals surface area contributed by atoms with Gasteiger partial charge in [0.05, 0.1) is 12.1 Å². The molecular weight excluding hydrogens is 263 g/mol. The number of carbonyl (C=O) groups is 1. The second-order valence-electron chi connectivity index (χ2n) is 3.80. The minimum atomic E-state index is -0.519. The van der Waals surface area contributed by atoms with Crippen LogP contribution < -0.4 is 11.1 Å². The summed E-state index contributed by atoms with van der Waals surface area (Å²) in [6.45, 7) is 1.73. The summed E-state index contributed by atoms with van der Waals surface area (Å²) in [6.07, 6.45) is 0. The van der Waals surface area contributed by atoms with E-state index in [1.807, 2.05) is 0 Å². The Balaban J connectivity index is 2.29. The van der Waals surface area contributed by atoms with Gasteiger partial charge < -0.3 is 10.3 Å². The summed E-state index contributed by atoms with van der Waals surface area (Å²) >= 11 is 0. The molecule has 0 aliphatic heterocycles. The maximum absolute atomic E-state index is 13.2. The van der Waals surface area contributed by atoms with Crippen molar-refractivity contribution < 1.29 is 13.7 Å². The van der Waals surface area contributed by atoms with Gasteiger partial charge in [-0.25, -0.2) is 4.39 Å². The summed E-state index contributed by atoms with van der Waals surface area (Å²) in [5.74, 6) is 4.60. The van der Waals surface area contributed by atoms with Crippen molar-refractivity contribution in [3.8, 4) is 11.8 Å². The summed E-state index contributed by atoms with van der Waals surface area (Å²) in [5, 5.41) is 5.96. The van der Waals surface area contributed by atoms with Crippen LogP contribution in [0.1, 0.15) is 21.7 Å². The Kier molecular flexibility index (Phi) is 4.08. The van der Waals surface area contributed by atoms with Crippen molar-refractivity contribution in [1.82, 2.24) is 10.1 Å². The number of anilines is 1. The molecule has 0 radical (unpaired) electrons. The van der Waals surface area contributed by atoms with Crippen molar-refractivity contribution in [3.63, 3.8) is 0 Å². The lowest BCUT2D eigenvalue weighted by Crippen LogP contribution is -2.14. The number of rotatable bonds is 2. The van der Waals surface area contributed by atoms with Gasteiger partial charge in [0.1, 0.15) is 5.82 Å². The van der Waals surface area contributed by atoms with Gasteiger partial charge in [0, 0.05) is 5.56 Å². The molecule has 0 aliphatic rings. The number of benzene rings is 1. The van der Waals surface area contributed by atoms with Crippen molar-refractivity contribution in [1.29, 1.82) is 0 Å². The number of nitrogens with two attached hydrogens (primary N) is 1. The highest BCUT2D eigenvalue weighted by Crippen LogP contribution is 2.13. The Morgan fingerprint density at radius 1 is 1.55 bits per heavy atom. The number of carbonyl (C=O) groups excluding carboxylic acids is 1. The molecule has 7 heteroatoms. The zero-order chi connectivity index (χ0) is 14.5. The van der Waals surface area contributed by atoms with E-state index in [2.05, 4.69) is 27.3 Å². The summed E-state index contributed by atoms with van der Waals surface area (Å²) in [4.78, 5) is 15.9. The van der Waals surface area contributed by atoms with Gasteiger partial charge in [-0.15, -0.1) is 0 Å². The molecule has 1 aromatic carbocycles. The summed E-state index contributed by atoms with van der Waals surface area (Å²) < 4.78 is 18.0. The standard InChI is InChI=1S/C13H11FN4O2/c1-8-16-13(20-18-8)17-12(19)11-5-4-10(14)7-9(11)3-2-6-15/h4-5,7H,6,15H2,1H3,(H,16,17,18,19). The molecule has 102 valence electrons. The number of aryl methyl sites for hydroxylation is 1. The molecular formula is C13H11FN4O2. The zero-order valence-corrected chi connectivity index (χ0v) is 10.6. The molecule has 0 bridgehead atoms. The van der Waals surface area contributed by atoms with Crippen molar-refractivity contribution in [2.24, 2.45) is 5.73 Å². The van der Waals surface area contributed by atoms with Gasteiger partial charge in [-0.05, 0) is 25.1 Å². The van der Waals surface area contributed by atoms with E-state index in [0.29, 0.717) is 5.82 Å². The maximum atomic E-state index is 13.2. The lowest BCUT2D eigenvalue weighted by molar-refractivity contribution is 0.102. The highest BCUT2D eigenvalue weighted by molar-refractivity contribution is 6.04. The Hall–Kier alpha value is -2.72. The quantitative estimate of drug-likeness (QED) is 0.799. The number of nitrogens with one attached hydrogen (secondary N) is 1. The van der Waals surface area contributed by atoms with Gasteiger partial charge in [0.25, 0.3) is 5.91 Å². The molecule has 0 saturated carbocycles. The van der Waals surface area contributed by atoms with Crippen molar-refractivity contribution in [2.45, 2.75) is 6.92 Å². The van der Waals surface area contributed by atoms with Gasteiger partial charge in [-0.2, -0.15) is 4.98 Å². The third kappa shape index (κ3) is 3.18. The minimum Gasteiger partial charge on any atom is -0.320 e. The molecule has 2 aromatic rings. The molecule has 0 atom stereocenters. The fourth-order valence-corrected chi connectivity index (χ4v) is 1.48. The highest BCUT2D eigenvalue weighted by atomic mass is 19.1. The summed E-state index contributed by atoms with van der Waals surface area (Å²) in [7, 11) is 0. The Bertz CT molecular complexity index is 700. The first-order valence-electron chi connectivity index (χ1n) is 5.70. The van der Waals surface area contributed by atoms with E-state index in [-0.39, 0.29) is 23.7 Å². The van der Waals surface area contributed by atoms with Crippen LogP contribution in [0.3, 0.4) is 0 Å². The van der Waals surface area contributed by atoms with E-state index >= 15 is 0 Å². The molecule has 1 heterocycles. The fraction of sp³-hybridized carbons (Fsp3) is 0.154. The largest absolute Gasteiger partial charge is 0.328 e. The van der Waals surface area contributed by atoms with Crippen LogP contribution in [-0.4, -0.2) is 22.6 Å². The van der Waals surface area contributed by atoms with Gasteiger partial charge >= 0.3 is 6.01 Å². The number of nitrogens with zero attached hydrogens (tertiary/aromatic N) is 2. The first-order valence-corrected chi connectivity index (χ1v) is 5.70. The van der Waals surface area contributed by atoms with Crippen LogP contribution in [0.4, 0.5) is 10.4 Å². The molecule has 1 amide bonds. The van der Waals surface area contributed by atoms with Crippen LogP contribution in [0, 0.1) is 24.6 Å². The van der Waals surface area contributed by atoms with E-state index in [0.717, 1.165) is 6.07 Å². The average molecular weight is 274 g/mol. The molecule has 0 spiro atoms. The molecule has 0 aliphatic carbocycles. The monoisotopic (exact) mass is 274 g/mol. The van der Waals surface area contributed by atoms with Crippen LogP contribution in [0.25, 0.3) is 0 Å². The van der Waals surface area contributed by atoms with Gasteiger partial charge in [0.15, 0.2) is 5.82 Å². The lowest BCUT2D eigenvalue weighted by atomic mass is 10.1. The summed E-state index contributed by atoms with van der Waals surface area (Å²) in [6, 6.07) is 3.63. The Labute approximate surface area is 114 Å². The normalized spacial score (nSPS) is 9.75. The fourth-order valence-electron chi connectivity index (χ4n) is 1.48. The first-order chi connectivity index (χ1) is 9.60. The Morgan fingerprint density at radius 2 is 2.35 bits per heavy atom. The molecule has 6 nitrogen and oxygen atoms in total. The van der Waals surface area contributed by atoms with Gasteiger partial charge in [0.2, 0.25) is 0 Å². The maximum Gasteiger partial charge on any atom is 0.328 e. The zero-order valence-electron chi connectivity index (χ0n) is 10.6. The lowest BCUT2D eigenvalue weighted by Gasteiger charge is -2.03. The highest BCUT2D eigenvalue weighted by Gasteiger charge is 2.14. The molecule has 0 saturated heterocycles. The molecule has 0 fully saturated rings. The number of hydrogen-bond donors (Lipinski definition) is 2. The number of halogens is 1. The van der Waals surface area contributed by atoms with Crippen LogP contribution in [0.15, 0.2) is 22.7 Å². The van der Waals surface area contributed by atoms with Crippen LogP contribution in [0.5, 0.6) is 0 Å². The first kappa shape index (κ1) is 13.7. The third-order valence-corrected chi connectivity index (χ3v) is 2.30. The molecule has 0 unspecified atom stereocenters. The topological polar surface area (TPSA) is 94.0 Å². The van der Waals surface area contributed by atoms with E-state index in [1.54, 1.807) is 6.92 Å².